The molecule has 11 heteroatoms. The van der Waals surface area contributed by atoms with Crippen molar-refractivity contribution in [3.63, 3.8) is 0 Å². The number of nitrogens with one attached hydrogen (secondary N) is 3. The monoisotopic (exact) mass is 607 g/mol. The van der Waals surface area contributed by atoms with Crippen LogP contribution in [0.25, 0.3) is 11.0 Å². The van der Waals surface area contributed by atoms with E-state index in [2.05, 4.69) is 15.6 Å². The average molecular weight is 608 g/mol. The number of hydrogen-bond donors (Lipinski definition) is 4. The minimum Gasteiger partial charge on any atom is -0.494 e. The fourth-order valence-corrected chi connectivity index (χ4v) is 5.38. The Labute approximate surface area is 256 Å². The summed E-state index contributed by atoms with van der Waals surface area (Å²) in [7, 11) is 1.92. The third-order valence-electron chi connectivity index (χ3n) is 6.94. The number of carbonyl (C=O) groups is 1. The van der Waals surface area contributed by atoms with Gasteiger partial charge in [0.25, 0.3) is 0 Å². The zero-order valence-electron chi connectivity index (χ0n) is 24.0. The summed E-state index contributed by atoms with van der Waals surface area (Å²) in [6, 6.07) is 27.6. The maximum absolute atomic E-state index is 12.5. The number of thiazole rings is 1. The van der Waals surface area contributed by atoms with E-state index in [0.29, 0.717) is 39.9 Å². The summed E-state index contributed by atoms with van der Waals surface area (Å²) >= 11 is 0.999. The van der Waals surface area contributed by atoms with Gasteiger partial charge in [0.15, 0.2) is 0 Å². The van der Waals surface area contributed by atoms with Crippen molar-refractivity contribution in [3.8, 4) is 23.1 Å². The molecule has 44 heavy (non-hydrogen) atoms. The van der Waals surface area contributed by atoms with E-state index in [1.807, 2.05) is 97.4 Å². The summed E-state index contributed by atoms with van der Waals surface area (Å²) < 4.78 is 14.1. The van der Waals surface area contributed by atoms with E-state index < -0.39 is 0 Å². The molecule has 2 amide bonds. The van der Waals surface area contributed by atoms with Gasteiger partial charge in [-0.15, -0.1) is 0 Å². The lowest BCUT2D eigenvalue weighted by molar-refractivity contribution is 0.262. The SMILES string of the molecule is Cc1ccc(NC(=O)Nc2cccc(Oc3ccc4nc(COc5ccc(Cc6sc(=O)[nH]c6O)cc5)n(C)c4c3)c2)cc1. The summed E-state index contributed by atoms with van der Waals surface area (Å²) in [5, 5.41) is 15.5. The van der Waals surface area contributed by atoms with E-state index in [-0.39, 0.29) is 23.4 Å². The molecule has 0 unspecified atom stereocenters. The van der Waals surface area contributed by atoms with Crippen molar-refractivity contribution in [2.45, 2.75) is 20.0 Å². The number of aromatic nitrogens is 3. The second kappa shape index (κ2) is 12.4. The Balaban J connectivity index is 1.08. The van der Waals surface area contributed by atoms with Crippen LogP contribution in [0.4, 0.5) is 16.2 Å². The first-order valence-corrected chi connectivity index (χ1v) is 14.6. The summed E-state index contributed by atoms with van der Waals surface area (Å²) in [5.74, 6) is 2.54. The number of rotatable bonds is 9. The summed E-state index contributed by atoms with van der Waals surface area (Å²) in [4.78, 5) is 31.3. The van der Waals surface area contributed by atoms with E-state index >= 15 is 0 Å². The molecule has 4 N–H and O–H groups in total. The van der Waals surface area contributed by atoms with Crippen molar-refractivity contribution in [2.75, 3.05) is 10.6 Å². The molecule has 0 saturated heterocycles. The zero-order chi connectivity index (χ0) is 30.6. The lowest BCUT2D eigenvalue weighted by atomic mass is 10.1. The molecule has 222 valence electrons. The van der Waals surface area contributed by atoms with Gasteiger partial charge in [-0.25, -0.2) is 9.78 Å². The maximum Gasteiger partial charge on any atom is 0.323 e. The molecule has 0 radical (unpaired) electrons. The van der Waals surface area contributed by atoms with Gasteiger partial charge >= 0.3 is 10.9 Å². The molecule has 2 heterocycles. The molecule has 6 rings (SSSR count). The Morgan fingerprint density at radius 3 is 2.41 bits per heavy atom. The number of aryl methyl sites for hydroxylation is 2. The quantitative estimate of drug-likeness (QED) is 0.141. The van der Waals surface area contributed by atoms with E-state index in [1.54, 1.807) is 12.1 Å². The van der Waals surface area contributed by atoms with Crippen molar-refractivity contribution in [2.24, 2.45) is 7.05 Å². The van der Waals surface area contributed by atoms with Crippen LogP contribution in [0.3, 0.4) is 0 Å². The highest BCUT2D eigenvalue weighted by molar-refractivity contribution is 7.09. The van der Waals surface area contributed by atoms with Gasteiger partial charge in [0, 0.05) is 37.0 Å². The number of ether oxygens (including phenoxy) is 2. The number of nitrogens with zero attached hydrogens (tertiary/aromatic N) is 2. The average Bonchev–Trinajstić information content (AvgIpc) is 3.50. The number of hydrogen-bond acceptors (Lipinski definition) is 7. The van der Waals surface area contributed by atoms with Crippen LogP contribution >= 0.6 is 11.3 Å². The molecule has 0 atom stereocenters. The first kappa shape index (κ1) is 28.6. The molecule has 0 bridgehead atoms. The highest BCUT2D eigenvalue weighted by atomic mass is 32.1. The van der Waals surface area contributed by atoms with Crippen LogP contribution in [0.2, 0.25) is 0 Å². The Morgan fingerprint density at radius 2 is 1.66 bits per heavy atom. The third-order valence-corrected chi connectivity index (χ3v) is 7.81. The molecular formula is C33H29N5O5S. The van der Waals surface area contributed by atoms with Crippen LogP contribution in [0, 0.1) is 6.92 Å². The standard InChI is InChI=1S/C33H29N5O5S/c1-20-6-10-22(11-7-20)34-32(40)35-23-4-3-5-25(17-23)43-26-14-15-27-28(18-26)38(2)30(36-27)19-42-24-12-8-21(9-13-24)16-29-31(39)37-33(41)44-29/h3-15,17-18,39H,16,19H2,1-2H3,(H,37,41)(H2,34,35,40). The number of aromatic amines is 1. The van der Waals surface area contributed by atoms with Crippen molar-refractivity contribution in [3.05, 3.63) is 122 Å². The molecule has 0 spiro atoms. The van der Waals surface area contributed by atoms with Crippen molar-refractivity contribution in [1.29, 1.82) is 0 Å². The smallest absolute Gasteiger partial charge is 0.323 e. The predicted molar refractivity (Wildman–Crippen MR) is 171 cm³/mol. The van der Waals surface area contributed by atoms with Crippen molar-refractivity contribution in [1.82, 2.24) is 14.5 Å². The number of anilines is 2. The second-order valence-corrected chi connectivity index (χ2v) is 11.3. The number of carbonyl (C=O) groups excluding carboxylic acids is 1. The van der Waals surface area contributed by atoms with Crippen LogP contribution < -0.4 is 25.0 Å². The minimum atomic E-state index is -0.343. The number of aromatic hydroxyl groups is 1. The predicted octanol–water partition coefficient (Wildman–Crippen LogP) is 6.94. The van der Waals surface area contributed by atoms with Gasteiger partial charge in [-0.2, -0.15) is 0 Å². The van der Waals surface area contributed by atoms with E-state index in [9.17, 15) is 14.7 Å². The van der Waals surface area contributed by atoms with Crippen LogP contribution in [0.15, 0.2) is 95.8 Å². The molecule has 0 saturated carbocycles. The first-order valence-electron chi connectivity index (χ1n) is 13.8. The molecule has 6 aromatic rings. The van der Waals surface area contributed by atoms with E-state index in [0.717, 1.165) is 39.3 Å². The minimum absolute atomic E-state index is 0.0835. The molecule has 0 aliphatic rings. The molecule has 4 aromatic carbocycles. The number of amides is 2. The third kappa shape index (κ3) is 6.74. The topological polar surface area (TPSA) is 130 Å². The molecule has 0 aliphatic carbocycles. The lowest BCUT2D eigenvalue weighted by Gasteiger charge is -2.10. The highest BCUT2D eigenvalue weighted by Crippen LogP contribution is 2.28. The van der Waals surface area contributed by atoms with Crippen LogP contribution in [-0.2, 0) is 20.1 Å². The van der Waals surface area contributed by atoms with Gasteiger partial charge in [-0.3, -0.25) is 9.78 Å². The molecule has 2 aromatic heterocycles. The van der Waals surface area contributed by atoms with Gasteiger partial charge in [0.1, 0.15) is 29.7 Å². The van der Waals surface area contributed by atoms with Gasteiger partial charge in [0.05, 0.1) is 15.9 Å². The van der Waals surface area contributed by atoms with Crippen molar-refractivity contribution >= 4 is 39.8 Å². The Hall–Kier alpha value is -5.55. The molecular weight excluding hydrogens is 578 g/mol. The van der Waals surface area contributed by atoms with Gasteiger partial charge in [-0.1, -0.05) is 47.2 Å². The van der Waals surface area contributed by atoms with Crippen LogP contribution in [0.5, 0.6) is 23.1 Å². The largest absolute Gasteiger partial charge is 0.494 e. The fraction of sp³-hybridized carbons (Fsp3) is 0.121. The Bertz CT molecular complexity index is 1990. The van der Waals surface area contributed by atoms with Gasteiger partial charge in [-0.05, 0) is 61.0 Å². The second-order valence-electron chi connectivity index (χ2n) is 10.2. The number of H-pyrrole nitrogens is 1. The van der Waals surface area contributed by atoms with Crippen molar-refractivity contribution < 1.29 is 19.4 Å². The summed E-state index contributed by atoms with van der Waals surface area (Å²) in [6.07, 6.45) is 0.453. The fourth-order valence-electron chi connectivity index (χ4n) is 4.62. The van der Waals surface area contributed by atoms with E-state index in [4.69, 9.17) is 14.5 Å². The zero-order valence-corrected chi connectivity index (χ0v) is 24.8. The number of benzene rings is 4. The molecule has 10 nitrogen and oxygen atoms in total. The normalized spacial score (nSPS) is 11.0. The number of urea groups is 1. The first-order chi connectivity index (χ1) is 21.3. The lowest BCUT2D eigenvalue weighted by Crippen LogP contribution is -2.19. The molecule has 0 aliphatic heterocycles. The Morgan fingerprint density at radius 1 is 0.932 bits per heavy atom. The van der Waals surface area contributed by atoms with Gasteiger partial charge < -0.3 is 29.8 Å². The highest BCUT2D eigenvalue weighted by Gasteiger charge is 2.12. The van der Waals surface area contributed by atoms with Crippen LogP contribution in [0.1, 0.15) is 21.8 Å². The van der Waals surface area contributed by atoms with Crippen LogP contribution in [-0.4, -0.2) is 25.7 Å². The number of imidazole rings is 1. The van der Waals surface area contributed by atoms with E-state index in [1.165, 1.54) is 0 Å². The summed E-state index contributed by atoms with van der Waals surface area (Å²) in [6.45, 7) is 2.25. The van der Waals surface area contributed by atoms with Gasteiger partial charge in [0.2, 0.25) is 5.88 Å². The molecule has 0 fully saturated rings. The Kier molecular flexibility index (Phi) is 8.02. The maximum atomic E-state index is 12.5. The number of fused-ring (bicyclic) bond motifs is 1. The summed E-state index contributed by atoms with van der Waals surface area (Å²) in [5.41, 5.74) is 5.06.